The first-order chi connectivity index (χ1) is 12.6. The van der Waals surface area contributed by atoms with E-state index in [1.165, 1.54) is 0 Å². The molecular formula is C20H29N3O3. The van der Waals surface area contributed by atoms with Crippen LogP contribution in [0.1, 0.15) is 24.8 Å². The van der Waals surface area contributed by atoms with E-state index in [0.717, 1.165) is 37.9 Å². The van der Waals surface area contributed by atoms with E-state index in [4.69, 9.17) is 4.74 Å². The Kier molecular flexibility index (Phi) is 6.27. The van der Waals surface area contributed by atoms with Crippen molar-refractivity contribution in [3.63, 3.8) is 0 Å². The third-order valence-electron chi connectivity index (χ3n) is 5.52. The number of likely N-dealkylation sites (tertiary alicyclic amines) is 2. The molecule has 0 aromatic heterocycles. The molecule has 3 rings (SSSR count). The molecule has 2 aliphatic rings. The Balaban J connectivity index is 1.49. The van der Waals surface area contributed by atoms with Gasteiger partial charge >= 0.3 is 0 Å². The van der Waals surface area contributed by atoms with E-state index in [0.29, 0.717) is 32.8 Å². The van der Waals surface area contributed by atoms with Crippen LogP contribution in [0.15, 0.2) is 30.3 Å². The summed E-state index contributed by atoms with van der Waals surface area (Å²) in [6, 6.07) is 9.90. The second-order valence-electron chi connectivity index (χ2n) is 7.39. The van der Waals surface area contributed by atoms with Crippen LogP contribution in [0.3, 0.4) is 0 Å². The molecule has 0 bridgehead atoms. The summed E-state index contributed by atoms with van der Waals surface area (Å²) in [5, 5.41) is 2.97. The number of methoxy groups -OCH3 is 1. The van der Waals surface area contributed by atoms with E-state index in [2.05, 4.69) is 10.2 Å². The molecule has 2 fully saturated rings. The summed E-state index contributed by atoms with van der Waals surface area (Å²) in [5.41, 5.74) is 0.793. The summed E-state index contributed by atoms with van der Waals surface area (Å²) >= 11 is 0. The Hall–Kier alpha value is -1.92. The number of rotatable bonds is 7. The molecule has 6 nitrogen and oxygen atoms in total. The van der Waals surface area contributed by atoms with Gasteiger partial charge in [-0.15, -0.1) is 0 Å². The van der Waals surface area contributed by atoms with Gasteiger partial charge in [0.2, 0.25) is 11.8 Å². The van der Waals surface area contributed by atoms with E-state index < -0.39 is 0 Å². The second kappa shape index (κ2) is 8.64. The zero-order chi connectivity index (χ0) is 18.4. The maximum atomic E-state index is 12.9. The molecule has 2 saturated heterocycles. The van der Waals surface area contributed by atoms with Crippen molar-refractivity contribution in [3.05, 3.63) is 35.9 Å². The Bertz CT molecular complexity index is 622. The average Bonchev–Trinajstić information content (AvgIpc) is 3.06. The van der Waals surface area contributed by atoms with Crippen LogP contribution in [0.5, 0.6) is 0 Å². The highest BCUT2D eigenvalue weighted by molar-refractivity contribution is 5.84. The van der Waals surface area contributed by atoms with Gasteiger partial charge in [0.1, 0.15) is 0 Å². The smallest absolute Gasteiger partial charge is 0.234 e. The topological polar surface area (TPSA) is 61.9 Å². The maximum Gasteiger partial charge on any atom is 0.234 e. The third-order valence-corrected chi connectivity index (χ3v) is 5.52. The number of carbonyl (C=O) groups excluding carboxylic acids is 2. The van der Waals surface area contributed by atoms with Crippen LogP contribution < -0.4 is 5.32 Å². The fourth-order valence-corrected chi connectivity index (χ4v) is 4.09. The van der Waals surface area contributed by atoms with Crippen LogP contribution in [0.25, 0.3) is 0 Å². The van der Waals surface area contributed by atoms with Crippen molar-refractivity contribution >= 4 is 11.8 Å². The standard InChI is InChI=1S/C20H29N3O3/c1-26-13-12-23-10-5-8-20(19(23)25)9-11-22(16-20)15-18(24)21-14-17-6-3-2-4-7-17/h2-4,6-7H,5,8-16H2,1H3,(H,21,24)/t20-/m1/s1. The quantitative estimate of drug-likeness (QED) is 0.796. The molecule has 1 N–H and O–H groups in total. The van der Waals surface area contributed by atoms with Crippen molar-refractivity contribution in [2.75, 3.05) is 46.4 Å². The van der Waals surface area contributed by atoms with Crippen LogP contribution >= 0.6 is 0 Å². The van der Waals surface area contributed by atoms with Crippen molar-refractivity contribution in [2.24, 2.45) is 5.41 Å². The second-order valence-corrected chi connectivity index (χ2v) is 7.39. The van der Waals surface area contributed by atoms with Crippen molar-refractivity contribution < 1.29 is 14.3 Å². The van der Waals surface area contributed by atoms with Gasteiger partial charge < -0.3 is 15.0 Å². The highest BCUT2D eigenvalue weighted by atomic mass is 16.5. The van der Waals surface area contributed by atoms with E-state index in [9.17, 15) is 9.59 Å². The molecule has 0 unspecified atom stereocenters. The van der Waals surface area contributed by atoms with Gasteiger partial charge in [0.05, 0.1) is 18.6 Å². The highest BCUT2D eigenvalue weighted by Crippen LogP contribution is 2.39. The predicted molar refractivity (Wildman–Crippen MR) is 99.5 cm³/mol. The number of nitrogens with one attached hydrogen (secondary N) is 1. The molecule has 1 atom stereocenters. The Morgan fingerprint density at radius 3 is 2.81 bits per heavy atom. The summed E-state index contributed by atoms with van der Waals surface area (Å²) in [6.07, 6.45) is 2.81. The van der Waals surface area contributed by atoms with Gasteiger partial charge in [0.25, 0.3) is 0 Å². The fraction of sp³-hybridized carbons (Fsp3) is 0.600. The number of carbonyl (C=O) groups is 2. The number of piperidine rings is 1. The number of hydrogen-bond donors (Lipinski definition) is 1. The lowest BCUT2D eigenvalue weighted by Gasteiger charge is -2.39. The van der Waals surface area contributed by atoms with E-state index in [1.807, 2.05) is 35.2 Å². The zero-order valence-electron chi connectivity index (χ0n) is 15.6. The number of ether oxygens (including phenoxy) is 1. The van der Waals surface area contributed by atoms with Crippen LogP contribution in [0.2, 0.25) is 0 Å². The van der Waals surface area contributed by atoms with Crippen molar-refractivity contribution in [1.29, 1.82) is 0 Å². The highest BCUT2D eigenvalue weighted by Gasteiger charge is 2.48. The minimum atomic E-state index is -0.300. The van der Waals surface area contributed by atoms with Gasteiger partial charge in [-0.05, 0) is 31.4 Å². The summed E-state index contributed by atoms with van der Waals surface area (Å²) < 4.78 is 5.12. The van der Waals surface area contributed by atoms with E-state index in [-0.39, 0.29) is 17.2 Å². The first-order valence-corrected chi connectivity index (χ1v) is 9.44. The Morgan fingerprint density at radius 1 is 1.23 bits per heavy atom. The van der Waals surface area contributed by atoms with Crippen LogP contribution in [0, 0.1) is 5.41 Å². The van der Waals surface area contributed by atoms with Gasteiger partial charge in [0.15, 0.2) is 0 Å². The minimum Gasteiger partial charge on any atom is -0.383 e. The first kappa shape index (κ1) is 18.9. The molecule has 0 radical (unpaired) electrons. The lowest BCUT2D eigenvalue weighted by molar-refractivity contribution is -0.146. The molecule has 0 aliphatic carbocycles. The molecule has 0 saturated carbocycles. The van der Waals surface area contributed by atoms with Gasteiger partial charge in [-0.2, -0.15) is 0 Å². The summed E-state index contributed by atoms with van der Waals surface area (Å²) in [6.45, 7) is 4.46. The summed E-state index contributed by atoms with van der Waals surface area (Å²) in [7, 11) is 1.66. The van der Waals surface area contributed by atoms with Gasteiger partial charge in [0, 0.05) is 33.3 Å². The number of hydrogen-bond acceptors (Lipinski definition) is 4. The monoisotopic (exact) mass is 359 g/mol. The van der Waals surface area contributed by atoms with E-state index >= 15 is 0 Å². The minimum absolute atomic E-state index is 0.0189. The molecule has 1 spiro atoms. The Labute approximate surface area is 155 Å². The van der Waals surface area contributed by atoms with E-state index in [1.54, 1.807) is 7.11 Å². The average molecular weight is 359 g/mol. The van der Waals surface area contributed by atoms with Crippen LogP contribution in [-0.2, 0) is 20.9 Å². The van der Waals surface area contributed by atoms with Crippen molar-refractivity contribution in [3.8, 4) is 0 Å². The van der Waals surface area contributed by atoms with Gasteiger partial charge in [-0.25, -0.2) is 0 Å². The molecule has 1 aromatic carbocycles. The zero-order valence-corrected chi connectivity index (χ0v) is 15.6. The lowest BCUT2D eigenvalue weighted by Crippen LogP contribution is -2.51. The fourth-order valence-electron chi connectivity index (χ4n) is 4.09. The summed E-state index contributed by atoms with van der Waals surface area (Å²) in [4.78, 5) is 29.3. The van der Waals surface area contributed by atoms with Crippen LogP contribution in [0.4, 0.5) is 0 Å². The third kappa shape index (κ3) is 4.43. The van der Waals surface area contributed by atoms with Gasteiger partial charge in [-0.3, -0.25) is 14.5 Å². The molecule has 26 heavy (non-hydrogen) atoms. The molecule has 6 heteroatoms. The number of amides is 2. The first-order valence-electron chi connectivity index (χ1n) is 9.44. The molecule has 2 heterocycles. The molecule has 142 valence electrons. The number of benzene rings is 1. The van der Waals surface area contributed by atoms with Crippen molar-refractivity contribution in [1.82, 2.24) is 15.1 Å². The molecule has 2 aliphatic heterocycles. The van der Waals surface area contributed by atoms with Crippen molar-refractivity contribution in [2.45, 2.75) is 25.8 Å². The largest absolute Gasteiger partial charge is 0.383 e. The Morgan fingerprint density at radius 2 is 2.04 bits per heavy atom. The molecule has 2 amide bonds. The molecular weight excluding hydrogens is 330 g/mol. The predicted octanol–water partition coefficient (Wildman–Crippen LogP) is 1.26. The SMILES string of the molecule is COCCN1CCC[C@]2(CCN(CC(=O)NCc3ccccc3)C2)C1=O. The lowest BCUT2D eigenvalue weighted by atomic mass is 9.78. The maximum absolute atomic E-state index is 12.9. The van der Waals surface area contributed by atoms with Gasteiger partial charge in [-0.1, -0.05) is 30.3 Å². The number of nitrogens with zero attached hydrogens (tertiary/aromatic N) is 2. The molecule has 1 aromatic rings. The normalized spacial score (nSPS) is 23.6. The summed E-state index contributed by atoms with van der Waals surface area (Å²) in [5.74, 6) is 0.262. The van der Waals surface area contributed by atoms with Crippen LogP contribution in [-0.4, -0.2) is 68.1 Å².